The molecule has 0 aliphatic carbocycles. The smallest absolute Gasteiger partial charge is 0.0412 e. The molecule has 0 aliphatic heterocycles. The van der Waals surface area contributed by atoms with Crippen molar-refractivity contribution in [1.29, 1.82) is 0 Å². The number of hydrogen-bond donors (Lipinski definition) is 1. The van der Waals surface area contributed by atoms with Crippen LogP contribution in [-0.2, 0) is 5.54 Å². The Morgan fingerprint density at radius 2 is 2.00 bits per heavy atom. The summed E-state index contributed by atoms with van der Waals surface area (Å²) < 4.78 is 0. The quantitative estimate of drug-likeness (QED) is 0.848. The van der Waals surface area contributed by atoms with Gasteiger partial charge in [-0.1, -0.05) is 23.7 Å². The zero-order valence-corrected chi connectivity index (χ0v) is 10.9. The summed E-state index contributed by atoms with van der Waals surface area (Å²) in [5.41, 5.74) is 8.08. The van der Waals surface area contributed by atoms with Gasteiger partial charge >= 0.3 is 0 Å². The van der Waals surface area contributed by atoms with Crippen molar-refractivity contribution in [3.63, 3.8) is 0 Å². The molecule has 0 spiro atoms. The van der Waals surface area contributed by atoms with Gasteiger partial charge in [0.05, 0.1) is 0 Å². The Balaban J connectivity index is 2.39. The first-order valence-electron chi connectivity index (χ1n) is 5.10. The van der Waals surface area contributed by atoms with E-state index in [0.29, 0.717) is 0 Å². The van der Waals surface area contributed by atoms with Crippen molar-refractivity contribution in [2.75, 3.05) is 0 Å². The number of halogens is 1. The van der Waals surface area contributed by atoms with Crippen LogP contribution in [0.3, 0.4) is 0 Å². The molecule has 1 aromatic carbocycles. The van der Waals surface area contributed by atoms with Crippen LogP contribution < -0.4 is 5.73 Å². The molecule has 0 aliphatic rings. The Labute approximate surface area is 105 Å². The van der Waals surface area contributed by atoms with Crippen molar-refractivity contribution in [3.05, 3.63) is 46.3 Å². The van der Waals surface area contributed by atoms with Gasteiger partial charge in [0.2, 0.25) is 0 Å². The molecular weight excluding hydrogens is 238 g/mol. The Bertz CT molecular complexity index is 497. The van der Waals surface area contributed by atoms with E-state index in [-0.39, 0.29) is 5.54 Å². The van der Waals surface area contributed by atoms with Gasteiger partial charge in [-0.15, -0.1) is 11.3 Å². The summed E-state index contributed by atoms with van der Waals surface area (Å²) in [6.45, 7) is 4.02. The minimum absolute atomic E-state index is 0.284. The Hall–Kier alpha value is -0.830. The van der Waals surface area contributed by atoms with E-state index in [0.717, 1.165) is 16.1 Å². The van der Waals surface area contributed by atoms with Gasteiger partial charge in [0, 0.05) is 15.4 Å². The molecule has 3 heteroatoms. The summed E-state index contributed by atoms with van der Waals surface area (Å²) in [4.78, 5) is 1.20. The highest BCUT2D eigenvalue weighted by molar-refractivity contribution is 7.13. The molecular formula is C13H14ClNS. The largest absolute Gasteiger partial charge is 0.322 e. The van der Waals surface area contributed by atoms with Crippen molar-refractivity contribution in [2.45, 2.75) is 19.4 Å². The van der Waals surface area contributed by atoms with Gasteiger partial charge < -0.3 is 5.73 Å². The van der Waals surface area contributed by atoms with Crippen LogP contribution in [0.4, 0.5) is 0 Å². The lowest BCUT2D eigenvalue weighted by atomic mass is 9.98. The van der Waals surface area contributed by atoms with E-state index in [1.54, 1.807) is 11.3 Å². The van der Waals surface area contributed by atoms with Gasteiger partial charge in [-0.05, 0) is 48.6 Å². The molecule has 0 radical (unpaired) electrons. The maximum Gasteiger partial charge on any atom is 0.0412 e. The maximum absolute atomic E-state index is 6.06. The highest BCUT2D eigenvalue weighted by atomic mass is 35.5. The fraction of sp³-hybridized carbons (Fsp3) is 0.231. The summed E-state index contributed by atoms with van der Waals surface area (Å²) in [6.07, 6.45) is 0. The molecule has 0 saturated carbocycles. The number of hydrogen-bond acceptors (Lipinski definition) is 2. The molecule has 0 fully saturated rings. The van der Waals surface area contributed by atoms with Crippen LogP contribution in [0.15, 0.2) is 35.7 Å². The number of thiophene rings is 1. The molecule has 1 aromatic heterocycles. The van der Waals surface area contributed by atoms with Crippen molar-refractivity contribution in [3.8, 4) is 10.4 Å². The third-order valence-electron chi connectivity index (χ3n) is 2.45. The van der Waals surface area contributed by atoms with Gasteiger partial charge in [0.15, 0.2) is 0 Å². The minimum Gasteiger partial charge on any atom is -0.322 e. The van der Waals surface area contributed by atoms with Gasteiger partial charge in [0.1, 0.15) is 0 Å². The lowest BCUT2D eigenvalue weighted by Crippen LogP contribution is -2.27. The molecule has 0 bridgehead atoms. The van der Waals surface area contributed by atoms with Crippen molar-refractivity contribution in [2.24, 2.45) is 5.73 Å². The normalized spacial score (nSPS) is 11.8. The Kier molecular flexibility index (Phi) is 3.06. The maximum atomic E-state index is 6.06. The van der Waals surface area contributed by atoms with Crippen molar-refractivity contribution < 1.29 is 0 Å². The molecule has 84 valence electrons. The summed E-state index contributed by atoms with van der Waals surface area (Å²) in [5, 5.41) is 2.87. The van der Waals surface area contributed by atoms with Crippen molar-refractivity contribution >= 4 is 22.9 Å². The molecule has 2 aromatic rings. The molecule has 0 saturated heterocycles. The summed E-state index contributed by atoms with van der Waals surface area (Å²) in [7, 11) is 0. The molecule has 0 unspecified atom stereocenters. The first-order valence-corrected chi connectivity index (χ1v) is 6.36. The first kappa shape index (κ1) is 11.6. The van der Waals surface area contributed by atoms with Crippen molar-refractivity contribution in [1.82, 2.24) is 0 Å². The fourth-order valence-electron chi connectivity index (χ4n) is 1.47. The van der Waals surface area contributed by atoms with E-state index >= 15 is 0 Å². The van der Waals surface area contributed by atoms with Gasteiger partial charge in [-0.2, -0.15) is 0 Å². The number of benzene rings is 1. The molecule has 16 heavy (non-hydrogen) atoms. The average molecular weight is 252 g/mol. The number of nitrogens with two attached hydrogens (primary N) is 1. The molecule has 1 heterocycles. The van der Waals surface area contributed by atoms with Crippen LogP contribution >= 0.6 is 22.9 Å². The van der Waals surface area contributed by atoms with E-state index < -0.39 is 0 Å². The van der Waals surface area contributed by atoms with E-state index in [1.165, 1.54) is 4.88 Å². The molecule has 2 rings (SSSR count). The van der Waals surface area contributed by atoms with Crippen LogP contribution in [0.1, 0.15) is 19.4 Å². The summed E-state index contributed by atoms with van der Waals surface area (Å²) >= 11 is 7.67. The lowest BCUT2D eigenvalue weighted by molar-refractivity contribution is 0.557. The fourth-order valence-corrected chi connectivity index (χ4v) is 2.74. The average Bonchev–Trinajstić information content (AvgIpc) is 2.65. The number of rotatable bonds is 2. The highest BCUT2D eigenvalue weighted by Gasteiger charge is 2.16. The topological polar surface area (TPSA) is 26.0 Å². The van der Waals surface area contributed by atoms with Gasteiger partial charge in [0.25, 0.3) is 0 Å². The van der Waals surface area contributed by atoms with E-state index in [4.69, 9.17) is 17.3 Å². The molecule has 0 atom stereocenters. The van der Waals surface area contributed by atoms with E-state index in [1.807, 2.05) is 32.0 Å². The van der Waals surface area contributed by atoms with Crippen LogP contribution in [0.2, 0.25) is 5.02 Å². The predicted molar refractivity (Wildman–Crippen MR) is 72.0 cm³/mol. The van der Waals surface area contributed by atoms with Gasteiger partial charge in [-0.3, -0.25) is 0 Å². The monoisotopic (exact) mass is 251 g/mol. The second kappa shape index (κ2) is 4.21. The SMILES string of the molecule is CC(C)(N)c1csc(-c2cccc(Cl)c2)c1. The highest BCUT2D eigenvalue weighted by Crippen LogP contribution is 2.32. The Morgan fingerprint density at radius 3 is 2.56 bits per heavy atom. The Morgan fingerprint density at radius 1 is 1.25 bits per heavy atom. The molecule has 2 N–H and O–H groups in total. The third-order valence-corrected chi connectivity index (χ3v) is 3.67. The first-order chi connectivity index (χ1) is 7.47. The second-order valence-electron chi connectivity index (χ2n) is 4.43. The van der Waals surface area contributed by atoms with Crippen LogP contribution in [0.5, 0.6) is 0 Å². The van der Waals surface area contributed by atoms with Crippen LogP contribution in [-0.4, -0.2) is 0 Å². The van der Waals surface area contributed by atoms with Gasteiger partial charge in [-0.25, -0.2) is 0 Å². The predicted octanol–water partition coefficient (Wildman–Crippen LogP) is 4.26. The lowest BCUT2D eigenvalue weighted by Gasteiger charge is -2.16. The molecule has 0 amide bonds. The zero-order valence-electron chi connectivity index (χ0n) is 9.33. The van der Waals surface area contributed by atoms with Crippen LogP contribution in [0, 0.1) is 0 Å². The molecule has 1 nitrogen and oxygen atoms in total. The zero-order chi connectivity index (χ0) is 11.8. The minimum atomic E-state index is -0.284. The van der Waals surface area contributed by atoms with Crippen LogP contribution in [0.25, 0.3) is 10.4 Å². The van der Waals surface area contributed by atoms with E-state index in [9.17, 15) is 0 Å². The summed E-state index contributed by atoms with van der Waals surface area (Å²) in [6, 6.07) is 10.0. The third kappa shape index (κ3) is 2.46. The second-order valence-corrected chi connectivity index (χ2v) is 5.78. The summed E-state index contributed by atoms with van der Waals surface area (Å²) in [5.74, 6) is 0. The van der Waals surface area contributed by atoms with E-state index in [2.05, 4.69) is 17.5 Å². The standard InChI is InChI=1S/C13H14ClNS/c1-13(2,15)10-7-12(16-8-10)9-4-3-5-11(14)6-9/h3-8H,15H2,1-2H3.